The molecule has 5 nitrogen and oxygen atoms in total. The summed E-state index contributed by atoms with van der Waals surface area (Å²) in [6.07, 6.45) is 8.49. The zero-order chi connectivity index (χ0) is 21.5. The molecular formula is C24H43FN4O. The molecule has 4 fully saturated rings. The molecule has 2 aliphatic heterocycles. The van der Waals surface area contributed by atoms with Crippen molar-refractivity contribution in [3.63, 3.8) is 0 Å². The molecule has 6 heteroatoms. The molecule has 4 rings (SSSR count). The van der Waals surface area contributed by atoms with Crippen LogP contribution in [0.15, 0.2) is 0 Å². The van der Waals surface area contributed by atoms with E-state index in [4.69, 9.17) is 0 Å². The molecule has 7 atom stereocenters. The highest BCUT2D eigenvalue weighted by atomic mass is 19.1. The SMILES string of the molecule is CC1CCC(F)C2CC(C(=O)NC3CCCC(N4CCC(C)(N(C)C)CC4)C3)NC12. The van der Waals surface area contributed by atoms with Crippen LogP contribution in [0.1, 0.15) is 71.6 Å². The lowest BCUT2D eigenvalue weighted by Gasteiger charge is -2.47. The Bertz CT molecular complexity index is 588. The zero-order valence-electron chi connectivity index (χ0n) is 19.5. The molecule has 0 spiro atoms. The number of hydrogen-bond donors (Lipinski definition) is 2. The number of carbonyl (C=O) groups excluding carboxylic acids is 1. The Morgan fingerprint density at radius 3 is 2.53 bits per heavy atom. The summed E-state index contributed by atoms with van der Waals surface area (Å²) in [5, 5.41) is 6.83. The topological polar surface area (TPSA) is 47.6 Å². The number of amides is 1. The molecular weight excluding hydrogens is 379 g/mol. The molecule has 2 N–H and O–H groups in total. The van der Waals surface area contributed by atoms with Crippen molar-refractivity contribution in [2.45, 2.75) is 108 Å². The fraction of sp³-hybridized carbons (Fsp3) is 0.958. The van der Waals surface area contributed by atoms with E-state index in [2.05, 4.69) is 48.4 Å². The van der Waals surface area contributed by atoms with E-state index in [1.165, 1.54) is 25.7 Å². The first-order chi connectivity index (χ1) is 14.3. The van der Waals surface area contributed by atoms with Crippen molar-refractivity contribution in [2.24, 2.45) is 11.8 Å². The van der Waals surface area contributed by atoms with Crippen molar-refractivity contribution in [3.8, 4) is 0 Å². The predicted molar refractivity (Wildman–Crippen MR) is 119 cm³/mol. The number of halogens is 1. The highest BCUT2D eigenvalue weighted by molar-refractivity contribution is 5.82. The molecule has 2 heterocycles. The lowest BCUT2D eigenvalue weighted by atomic mass is 9.77. The van der Waals surface area contributed by atoms with Crippen molar-refractivity contribution in [2.75, 3.05) is 27.2 Å². The summed E-state index contributed by atoms with van der Waals surface area (Å²) >= 11 is 0. The summed E-state index contributed by atoms with van der Waals surface area (Å²) in [4.78, 5) is 18.0. The van der Waals surface area contributed by atoms with E-state index in [1.807, 2.05) is 0 Å². The largest absolute Gasteiger partial charge is 0.352 e. The molecule has 2 saturated carbocycles. The van der Waals surface area contributed by atoms with Gasteiger partial charge < -0.3 is 20.4 Å². The fourth-order valence-electron chi connectivity index (χ4n) is 6.55. The second-order valence-corrected chi connectivity index (χ2v) is 11.2. The Morgan fingerprint density at radius 2 is 1.87 bits per heavy atom. The van der Waals surface area contributed by atoms with Crippen molar-refractivity contribution in [1.29, 1.82) is 0 Å². The van der Waals surface area contributed by atoms with E-state index >= 15 is 0 Å². The maximum atomic E-state index is 14.4. The van der Waals surface area contributed by atoms with Crippen LogP contribution in [0.25, 0.3) is 0 Å². The van der Waals surface area contributed by atoms with Crippen LogP contribution in [-0.2, 0) is 4.79 Å². The molecule has 0 aromatic heterocycles. The van der Waals surface area contributed by atoms with Crippen molar-refractivity contribution >= 4 is 5.91 Å². The third-order valence-electron chi connectivity index (χ3n) is 9.12. The first kappa shape index (κ1) is 22.5. The molecule has 2 saturated heterocycles. The van der Waals surface area contributed by atoms with Gasteiger partial charge >= 0.3 is 0 Å². The van der Waals surface area contributed by atoms with Crippen molar-refractivity contribution < 1.29 is 9.18 Å². The summed E-state index contributed by atoms with van der Waals surface area (Å²) in [7, 11) is 4.39. The summed E-state index contributed by atoms with van der Waals surface area (Å²) in [6.45, 7) is 6.89. The monoisotopic (exact) mass is 422 g/mol. The van der Waals surface area contributed by atoms with Gasteiger partial charge in [0, 0.05) is 42.7 Å². The second-order valence-electron chi connectivity index (χ2n) is 11.2. The van der Waals surface area contributed by atoms with Gasteiger partial charge in [-0.1, -0.05) is 6.92 Å². The molecule has 7 unspecified atom stereocenters. The maximum absolute atomic E-state index is 14.4. The fourth-order valence-corrected chi connectivity index (χ4v) is 6.55. The number of likely N-dealkylation sites (tertiary alicyclic amines) is 1. The minimum atomic E-state index is -0.748. The van der Waals surface area contributed by atoms with Gasteiger partial charge in [-0.2, -0.15) is 0 Å². The summed E-state index contributed by atoms with van der Waals surface area (Å²) in [6, 6.07) is 0.810. The lowest BCUT2D eigenvalue weighted by Crippen LogP contribution is -2.55. The summed E-state index contributed by atoms with van der Waals surface area (Å²) in [5.41, 5.74) is 0.315. The smallest absolute Gasteiger partial charge is 0.237 e. The number of nitrogens with one attached hydrogen (secondary N) is 2. The molecule has 0 aromatic carbocycles. The molecule has 2 aliphatic carbocycles. The van der Waals surface area contributed by atoms with Gasteiger partial charge in [0.1, 0.15) is 6.17 Å². The quantitative estimate of drug-likeness (QED) is 0.731. The Kier molecular flexibility index (Phi) is 6.76. The number of hydrogen-bond acceptors (Lipinski definition) is 4. The van der Waals surface area contributed by atoms with Gasteiger partial charge in [0.25, 0.3) is 0 Å². The third kappa shape index (κ3) is 4.56. The standard InChI is InChI=1S/C24H43FN4O/c1-16-8-9-20(25)19-15-21(27-22(16)19)23(30)26-17-6-5-7-18(14-17)29-12-10-24(2,11-13-29)28(3)4/h16-22,27H,5-15H2,1-4H3,(H,26,30). The molecule has 1 amide bonds. The van der Waals surface area contributed by atoms with Crippen molar-refractivity contribution in [3.05, 3.63) is 0 Å². The Labute approximate surface area is 182 Å². The van der Waals surface area contributed by atoms with Crippen LogP contribution in [0, 0.1) is 11.8 Å². The van der Waals surface area contributed by atoms with Crippen LogP contribution in [0.2, 0.25) is 0 Å². The summed E-state index contributed by atoms with van der Waals surface area (Å²) in [5.74, 6) is 0.585. The molecule has 172 valence electrons. The van der Waals surface area contributed by atoms with Gasteiger partial charge in [0.15, 0.2) is 0 Å². The number of nitrogens with zero attached hydrogens (tertiary/aromatic N) is 2. The van der Waals surface area contributed by atoms with Gasteiger partial charge in [0.2, 0.25) is 5.91 Å². The number of rotatable bonds is 4. The van der Waals surface area contributed by atoms with E-state index in [0.717, 1.165) is 32.4 Å². The Hall–Kier alpha value is -0.720. The van der Waals surface area contributed by atoms with Gasteiger partial charge in [-0.25, -0.2) is 4.39 Å². The molecule has 0 bridgehead atoms. The van der Waals surface area contributed by atoms with Gasteiger partial charge in [-0.3, -0.25) is 4.79 Å². The van der Waals surface area contributed by atoms with Crippen molar-refractivity contribution in [1.82, 2.24) is 20.4 Å². The van der Waals surface area contributed by atoms with Crippen LogP contribution in [0.3, 0.4) is 0 Å². The molecule has 30 heavy (non-hydrogen) atoms. The Morgan fingerprint density at radius 1 is 1.13 bits per heavy atom. The van der Waals surface area contributed by atoms with Crippen LogP contribution < -0.4 is 10.6 Å². The van der Waals surface area contributed by atoms with Gasteiger partial charge in [-0.05, 0) is 84.7 Å². The molecule has 4 aliphatic rings. The van der Waals surface area contributed by atoms with Gasteiger partial charge in [-0.15, -0.1) is 0 Å². The van der Waals surface area contributed by atoms with E-state index in [0.29, 0.717) is 30.3 Å². The summed E-state index contributed by atoms with van der Waals surface area (Å²) < 4.78 is 14.4. The highest BCUT2D eigenvalue weighted by Gasteiger charge is 2.46. The number of carbonyl (C=O) groups is 1. The Balaban J connectivity index is 1.28. The minimum Gasteiger partial charge on any atom is -0.352 e. The minimum absolute atomic E-state index is 0.0166. The third-order valence-corrected chi connectivity index (χ3v) is 9.12. The van der Waals surface area contributed by atoms with E-state index < -0.39 is 6.17 Å². The number of alkyl halides is 1. The zero-order valence-corrected chi connectivity index (χ0v) is 19.5. The lowest BCUT2D eigenvalue weighted by molar-refractivity contribution is -0.124. The first-order valence-corrected chi connectivity index (χ1v) is 12.4. The van der Waals surface area contributed by atoms with Crippen LogP contribution in [0.4, 0.5) is 4.39 Å². The van der Waals surface area contributed by atoms with E-state index in [1.54, 1.807) is 0 Å². The normalized spacial score (nSPS) is 42.1. The first-order valence-electron chi connectivity index (χ1n) is 12.4. The predicted octanol–water partition coefficient (Wildman–Crippen LogP) is 2.94. The maximum Gasteiger partial charge on any atom is 0.237 e. The van der Waals surface area contributed by atoms with Crippen LogP contribution in [0.5, 0.6) is 0 Å². The second kappa shape index (κ2) is 9.03. The average Bonchev–Trinajstić information content (AvgIpc) is 3.19. The number of fused-ring (bicyclic) bond motifs is 1. The van der Waals surface area contributed by atoms with Crippen LogP contribution in [-0.4, -0.2) is 78.8 Å². The number of piperidine rings is 1. The highest BCUT2D eigenvalue weighted by Crippen LogP contribution is 2.39. The average molecular weight is 423 g/mol. The van der Waals surface area contributed by atoms with E-state index in [-0.39, 0.29) is 30.0 Å². The van der Waals surface area contributed by atoms with E-state index in [9.17, 15) is 9.18 Å². The molecule has 0 radical (unpaired) electrons. The molecule has 0 aromatic rings. The van der Waals surface area contributed by atoms with Gasteiger partial charge in [0.05, 0.1) is 6.04 Å². The van der Waals surface area contributed by atoms with Crippen LogP contribution >= 0.6 is 0 Å².